The van der Waals surface area contributed by atoms with Gasteiger partial charge in [-0.15, -0.1) is 0 Å². The van der Waals surface area contributed by atoms with Crippen LogP contribution < -0.4 is 14.8 Å². The number of hydrogen-bond donors (Lipinski definition) is 1. The van der Waals surface area contributed by atoms with E-state index in [9.17, 15) is 9.59 Å². The van der Waals surface area contributed by atoms with Crippen LogP contribution in [0.2, 0.25) is 5.02 Å². The van der Waals surface area contributed by atoms with Crippen LogP contribution in [-0.4, -0.2) is 37.5 Å². The Balaban J connectivity index is 1.71. The highest BCUT2D eigenvalue weighted by Gasteiger charge is 2.20. The molecule has 27 heavy (non-hydrogen) atoms. The average molecular weight is 389 g/mol. The summed E-state index contributed by atoms with van der Waals surface area (Å²) >= 11 is 6.14. The van der Waals surface area contributed by atoms with E-state index < -0.39 is 0 Å². The van der Waals surface area contributed by atoms with E-state index in [0.717, 1.165) is 18.5 Å². The highest BCUT2D eigenvalue weighted by atomic mass is 35.5. The summed E-state index contributed by atoms with van der Waals surface area (Å²) in [5.41, 5.74) is 1.95. The number of ether oxygens (including phenoxy) is 2. The number of rotatable bonds is 6. The molecule has 142 valence electrons. The molecule has 0 saturated carbocycles. The summed E-state index contributed by atoms with van der Waals surface area (Å²) in [6.45, 7) is 1.36. The maximum absolute atomic E-state index is 12.6. The molecular weight excluding hydrogens is 368 g/mol. The van der Waals surface area contributed by atoms with E-state index in [2.05, 4.69) is 5.32 Å². The summed E-state index contributed by atoms with van der Waals surface area (Å²) in [6, 6.07) is 10.4. The van der Waals surface area contributed by atoms with Crippen molar-refractivity contribution in [1.82, 2.24) is 4.90 Å². The van der Waals surface area contributed by atoms with Gasteiger partial charge in [0, 0.05) is 31.1 Å². The maximum atomic E-state index is 12.6. The van der Waals surface area contributed by atoms with Crippen molar-refractivity contribution in [2.24, 2.45) is 0 Å². The standard InChI is InChI=1S/C20H21ClN2O4/c1-26-17-11-18(27-2)16(10-15(17)21)22-20(25)14-7-5-13(6-8-14)12-23-9-3-4-19(23)24/h5-8,10-11H,3-4,9,12H2,1-2H3,(H,22,25). The number of anilines is 1. The van der Waals surface area contributed by atoms with Crippen molar-refractivity contribution in [3.8, 4) is 11.5 Å². The Bertz CT molecular complexity index is 852. The first-order valence-corrected chi connectivity index (χ1v) is 8.99. The maximum Gasteiger partial charge on any atom is 0.255 e. The monoisotopic (exact) mass is 388 g/mol. The summed E-state index contributed by atoms with van der Waals surface area (Å²) in [4.78, 5) is 26.1. The molecule has 1 aliphatic heterocycles. The van der Waals surface area contributed by atoms with E-state index in [1.807, 2.05) is 17.0 Å². The second kappa shape index (κ2) is 8.31. The van der Waals surface area contributed by atoms with E-state index in [0.29, 0.717) is 40.7 Å². The van der Waals surface area contributed by atoms with Crippen LogP contribution in [0.3, 0.4) is 0 Å². The van der Waals surface area contributed by atoms with Crippen LogP contribution in [0, 0.1) is 0 Å². The Kier molecular flexibility index (Phi) is 5.86. The van der Waals surface area contributed by atoms with Crippen LogP contribution in [0.1, 0.15) is 28.8 Å². The van der Waals surface area contributed by atoms with Crippen LogP contribution in [0.15, 0.2) is 36.4 Å². The van der Waals surface area contributed by atoms with Gasteiger partial charge in [-0.3, -0.25) is 9.59 Å². The number of likely N-dealkylation sites (tertiary alicyclic amines) is 1. The molecule has 2 amide bonds. The summed E-state index contributed by atoms with van der Waals surface area (Å²) < 4.78 is 10.4. The van der Waals surface area contributed by atoms with Gasteiger partial charge in [0.05, 0.1) is 24.9 Å². The van der Waals surface area contributed by atoms with Gasteiger partial charge in [-0.05, 0) is 30.2 Å². The lowest BCUT2D eigenvalue weighted by Gasteiger charge is -2.16. The molecule has 1 heterocycles. The molecular formula is C20H21ClN2O4. The molecule has 1 N–H and O–H groups in total. The molecule has 1 fully saturated rings. The molecule has 0 bridgehead atoms. The van der Waals surface area contributed by atoms with E-state index >= 15 is 0 Å². The van der Waals surface area contributed by atoms with Crippen LogP contribution >= 0.6 is 11.6 Å². The lowest BCUT2D eigenvalue weighted by Crippen LogP contribution is -2.23. The third-order valence-corrected chi connectivity index (χ3v) is 4.78. The SMILES string of the molecule is COc1cc(OC)c(NC(=O)c2ccc(CN3CCCC3=O)cc2)cc1Cl. The van der Waals surface area contributed by atoms with Crippen LogP contribution in [0.5, 0.6) is 11.5 Å². The van der Waals surface area contributed by atoms with Gasteiger partial charge in [0.2, 0.25) is 5.91 Å². The second-order valence-corrected chi connectivity index (χ2v) is 6.66. The van der Waals surface area contributed by atoms with Crippen LogP contribution in [0.4, 0.5) is 5.69 Å². The lowest BCUT2D eigenvalue weighted by molar-refractivity contribution is -0.128. The Morgan fingerprint density at radius 2 is 1.85 bits per heavy atom. The molecule has 0 aliphatic carbocycles. The first kappa shape index (κ1) is 19.0. The zero-order chi connectivity index (χ0) is 19.4. The number of methoxy groups -OCH3 is 2. The Morgan fingerprint density at radius 3 is 2.44 bits per heavy atom. The molecule has 0 atom stereocenters. The van der Waals surface area contributed by atoms with E-state index in [-0.39, 0.29) is 11.8 Å². The minimum Gasteiger partial charge on any atom is -0.495 e. The summed E-state index contributed by atoms with van der Waals surface area (Å²) in [7, 11) is 3.02. The number of amides is 2. The van der Waals surface area contributed by atoms with Crippen molar-refractivity contribution in [3.05, 3.63) is 52.5 Å². The number of benzene rings is 2. The van der Waals surface area contributed by atoms with Crippen LogP contribution in [0.25, 0.3) is 0 Å². The van der Waals surface area contributed by atoms with Crippen molar-refractivity contribution in [1.29, 1.82) is 0 Å². The summed E-state index contributed by atoms with van der Waals surface area (Å²) in [6.07, 6.45) is 1.53. The number of nitrogens with one attached hydrogen (secondary N) is 1. The van der Waals surface area contributed by atoms with Gasteiger partial charge in [0.1, 0.15) is 11.5 Å². The minimum atomic E-state index is -0.279. The average Bonchev–Trinajstić information content (AvgIpc) is 3.07. The van der Waals surface area contributed by atoms with Gasteiger partial charge < -0.3 is 19.7 Å². The molecule has 2 aromatic rings. The van der Waals surface area contributed by atoms with Crippen molar-refractivity contribution in [2.45, 2.75) is 19.4 Å². The predicted octanol–water partition coefficient (Wildman–Crippen LogP) is 3.73. The Hall–Kier alpha value is -2.73. The molecule has 0 aromatic heterocycles. The number of halogens is 1. The van der Waals surface area contributed by atoms with Gasteiger partial charge in [-0.1, -0.05) is 23.7 Å². The molecule has 3 rings (SSSR count). The number of carbonyl (C=O) groups excluding carboxylic acids is 2. The third kappa shape index (κ3) is 4.34. The van der Waals surface area contributed by atoms with Crippen molar-refractivity contribution in [2.75, 3.05) is 26.1 Å². The fourth-order valence-electron chi connectivity index (χ4n) is 3.01. The van der Waals surface area contributed by atoms with E-state index in [1.54, 1.807) is 24.3 Å². The quantitative estimate of drug-likeness (QED) is 0.818. The van der Waals surface area contributed by atoms with Crippen molar-refractivity contribution in [3.63, 3.8) is 0 Å². The van der Waals surface area contributed by atoms with E-state index in [1.165, 1.54) is 14.2 Å². The number of nitrogens with zero attached hydrogens (tertiary/aromatic N) is 1. The van der Waals surface area contributed by atoms with Gasteiger partial charge in [0.15, 0.2) is 0 Å². The highest BCUT2D eigenvalue weighted by molar-refractivity contribution is 6.32. The summed E-state index contributed by atoms with van der Waals surface area (Å²) in [5, 5.41) is 3.18. The normalized spacial score (nSPS) is 13.6. The molecule has 0 unspecified atom stereocenters. The van der Waals surface area contributed by atoms with Gasteiger partial charge in [0.25, 0.3) is 5.91 Å². The van der Waals surface area contributed by atoms with Crippen molar-refractivity contribution >= 4 is 29.1 Å². The second-order valence-electron chi connectivity index (χ2n) is 6.26. The van der Waals surface area contributed by atoms with Crippen LogP contribution in [-0.2, 0) is 11.3 Å². The van der Waals surface area contributed by atoms with E-state index in [4.69, 9.17) is 21.1 Å². The zero-order valence-corrected chi connectivity index (χ0v) is 16.0. The first-order chi connectivity index (χ1) is 13.0. The molecule has 1 saturated heterocycles. The first-order valence-electron chi connectivity index (χ1n) is 8.61. The number of carbonyl (C=O) groups is 2. The van der Waals surface area contributed by atoms with Crippen molar-refractivity contribution < 1.29 is 19.1 Å². The molecule has 6 nitrogen and oxygen atoms in total. The Labute approximate surface area is 163 Å². The Morgan fingerprint density at radius 1 is 1.15 bits per heavy atom. The predicted molar refractivity (Wildman–Crippen MR) is 104 cm³/mol. The highest BCUT2D eigenvalue weighted by Crippen LogP contribution is 2.36. The topological polar surface area (TPSA) is 67.9 Å². The molecule has 0 radical (unpaired) electrons. The smallest absolute Gasteiger partial charge is 0.255 e. The fourth-order valence-corrected chi connectivity index (χ4v) is 3.25. The molecule has 7 heteroatoms. The fraction of sp³-hybridized carbons (Fsp3) is 0.300. The third-order valence-electron chi connectivity index (χ3n) is 4.48. The number of hydrogen-bond acceptors (Lipinski definition) is 4. The molecule has 2 aromatic carbocycles. The van der Waals surface area contributed by atoms with Gasteiger partial charge in [-0.25, -0.2) is 0 Å². The lowest BCUT2D eigenvalue weighted by atomic mass is 10.1. The zero-order valence-electron chi connectivity index (χ0n) is 15.3. The largest absolute Gasteiger partial charge is 0.495 e. The molecule has 0 spiro atoms. The minimum absolute atomic E-state index is 0.181. The summed E-state index contributed by atoms with van der Waals surface area (Å²) in [5.74, 6) is 0.819. The van der Waals surface area contributed by atoms with Gasteiger partial charge in [-0.2, -0.15) is 0 Å². The van der Waals surface area contributed by atoms with Gasteiger partial charge >= 0.3 is 0 Å². The molecule has 1 aliphatic rings.